The summed E-state index contributed by atoms with van der Waals surface area (Å²) in [5.74, 6) is 0.549. The third-order valence-corrected chi connectivity index (χ3v) is 4.96. The van der Waals surface area contributed by atoms with E-state index in [1.807, 2.05) is 30.3 Å². The minimum atomic E-state index is -0.672. The Morgan fingerprint density at radius 1 is 0.806 bits per heavy atom. The van der Waals surface area contributed by atoms with Crippen molar-refractivity contribution in [2.75, 3.05) is 14.2 Å². The Morgan fingerprint density at radius 3 is 1.97 bits per heavy atom. The van der Waals surface area contributed by atoms with Gasteiger partial charge >= 0.3 is 5.97 Å². The van der Waals surface area contributed by atoms with Gasteiger partial charge in [0.25, 0.3) is 0 Å². The van der Waals surface area contributed by atoms with E-state index in [-0.39, 0.29) is 5.57 Å². The van der Waals surface area contributed by atoms with Crippen LogP contribution < -0.4 is 9.47 Å². The highest BCUT2D eigenvalue weighted by Crippen LogP contribution is 2.38. The van der Waals surface area contributed by atoms with Crippen molar-refractivity contribution in [3.8, 4) is 11.5 Å². The summed E-state index contributed by atoms with van der Waals surface area (Å²) in [4.78, 5) is 26.1. The summed E-state index contributed by atoms with van der Waals surface area (Å²) in [6.07, 6.45) is 1.76. The molecule has 0 N–H and O–H groups in total. The minimum Gasteiger partial charge on any atom is -0.497 e. The van der Waals surface area contributed by atoms with Crippen LogP contribution in [0.2, 0.25) is 0 Å². The number of hydrogen-bond donors (Lipinski definition) is 0. The lowest BCUT2D eigenvalue weighted by atomic mass is 9.93. The first-order chi connectivity index (χ1) is 15.1. The number of carbonyl (C=O) groups excluding carboxylic acids is 2. The number of benzene rings is 3. The highest BCUT2D eigenvalue weighted by molar-refractivity contribution is 6.32. The SMILES string of the molecule is COc1ccc(C(=O)C2=C(c3ccc(OC)cc3)/C(=C/c3ccccc3)OC2=O)cc1. The predicted molar refractivity (Wildman–Crippen MR) is 118 cm³/mol. The zero-order valence-corrected chi connectivity index (χ0v) is 17.1. The molecule has 4 rings (SSSR count). The van der Waals surface area contributed by atoms with Crippen LogP contribution in [-0.2, 0) is 9.53 Å². The first-order valence-corrected chi connectivity index (χ1v) is 9.67. The van der Waals surface area contributed by atoms with E-state index in [1.54, 1.807) is 68.8 Å². The Morgan fingerprint density at radius 2 is 1.39 bits per heavy atom. The number of ketones is 1. The third-order valence-electron chi connectivity index (χ3n) is 4.96. The van der Waals surface area contributed by atoms with Gasteiger partial charge in [0.05, 0.1) is 14.2 Å². The minimum absolute atomic E-state index is 0.00230. The molecule has 5 nitrogen and oxygen atoms in total. The number of cyclic esters (lactones) is 1. The zero-order chi connectivity index (χ0) is 21.8. The molecule has 0 aromatic heterocycles. The molecule has 0 amide bonds. The van der Waals surface area contributed by atoms with Crippen LogP contribution in [-0.4, -0.2) is 26.0 Å². The number of hydrogen-bond acceptors (Lipinski definition) is 5. The molecule has 1 heterocycles. The average Bonchev–Trinajstić information content (AvgIpc) is 3.14. The maximum Gasteiger partial charge on any atom is 0.348 e. The number of rotatable bonds is 6. The highest BCUT2D eigenvalue weighted by atomic mass is 16.5. The van der Waals surface area contributed by atoms with Gasteiger partial charge in [0.2, 0.25) is 5.78 Å². The normalized spacial score (nSPS) is 14.5. The van der Waals surface area contributed by atoms with Crippen molar-refractivity contribution in [1.82, 2.24) is 0 Å². The molecule has 3 aromatic carbocycles. The lowest BCUT2D eigenvalue weighted by molar-refractivity contribution is -0.132. The fourth-order valence-electron chi connectivity index (χ4n) is 3.37. The Kier molecular flexibility index (Phi) is 5.67. The monoisotopic (exact) mass is 412 g/mol. The van der Waals surface area contributed by atoms with Crippen molar-refractivity contribution in [2.24, 2.45) is 0 Å². The van der Waals surface area contributed by atoms with Crippen LogP contribution in [0, 0.1) is 0 Å². The van der Waals surface area contributed by atoms with E-state index in [0.29, 0.717) is 34.0 Å². The molecule has 0 saturated carbocycles. The van der Waals surface area contributed by atoms with Gasteiger partial charge < -0.3 is 14.2 Å². The van der Waals surface area contributed by atoms with Gasteiger partial charge in [-0.15, -0.1) is 0 Å². The van der Waals surface area contributed by atoms with Crippen LogP contribution in [0.15, 0.2) is 90.2 Å². The molecule has 0 fully saturated rings. The van der Waals surface area contributed by atoms with Gasteiger partial charge in [-0.2, -0.15) is 0 Å². The first-order valence-electron chi connectivity index (χ1n) is 9.67. The molecular weight excluding hydrogens is 392 g/mol. The largest absolute Gasteiger partial charge is 0.497 e. The van der Waals surface area contributed by atoms with Gasteiger partial charge in [-0.3, -0.25) is 4.79 Å². The fourth-order valence-corrected chi connectivity index (χ4v) is 3.37. The van der Waals surface area contributed by atoms with Gasteiger partial charge in [-0.25, -0.2) is 4.79 Å². The maximum atomic E-state index is 13.3. The van der Waals surface area contributed by atoms with Crippen molar-refractivity contribution in [3.63, 3.8) is 0 Å². The summed E-state index contributed by atoms with van der Waals surface area (Å²) in [6.45, 7) is 0. The Balaban J connectivity index is 1.86. The molecule has 5 heteroatoms. The van der Waals surface area contributed by atoms with Crippen LogP contribution in [0.5, 0.6) is 11.5 Å². The first kappa shape index (κ1) is 20.2. The van der Waals surface area contributed by atoms with Crippen LogP contribution in [0.1, 0.15) is 21.5 Å². The topological polar surface area (TPSA) is 61.8 Å². The highest BCUT2D eigenvalue weighted by Gasteiger charge is 2.36. The second kappa shape index (κ2) is 8.71. The summed E-state index contributed by atoms with van der Waals surface area (Å²) < 4.78 is 15.9. The van der Waals surface area contributed by atoms with E-state index in [4.69, 9.17) is 14.2 Å². The molecule has 1 aliphatic heterocycles. The number of esters is 1. The third kappa shape index (κ3) is 4.12. The molecule has 0 saturated heterocycles. The van der Waals surface area contributed by atoms with Gasteiger partial charge in [0.15, 0.2) is 0 Å². The number of carbonyl (C=O) groups is 2. The second-order valence-electron chi connectivity index (χ2n) is 6.84. The van der Waals surface area contributed by atoms with E-state index >= 15 is 0 Å². The van der Waals surface area contributed by atoms with Gasteiger partial charge in [-0.1, -0.05) is 42.5 Å². The predicted octanol–water partition coefficient (Wildman–Crippen LogP) is 4.94. The number of methoxy groups -OCH3 is 2. The number of Topliss-reactive ketones (excluding diaryl/α,β-unsaturated/α-hetero) is 1. The van der Waals surface area contributed by atoms with E-state index in [1.165, 1.54) is 0 Å². The quantitative estimate of drug-likeness (QED) is 0.326. The molecule has 3 aromatic rings. The molecule has 0 unspecified atom stereocenters. The molecule has 154 valence electrons. The van der Waals surface area contributed by atoms with E-state index < -0.39 is 11.8 Å². The van der Waals surface area contributed by atoms with E-state index in [2.05, 4.69) is 0 Å². The van der Waals surface area contributed by atoms with Crippen LogP contribution in [0.4, 0.5) is 0 Å². The second-order valence-corrected chi connectivity index (χ2v) is 6.84. The molecule has 0 radical (unpaired) electrons. The van der Waals surface area contributed by atoms with Gasteiger partial charge in [0.1, 0.15) is 22.8 Å². The van der Waals surface area contributed by atoms with Crippen molar-refractivity contribution in [3.05, 3.63) is 107 Å². The smallest absolute Gasteiger partial charge is 0.348 e. The van der Waals surface area contributed by atoms with E-state index in [0.717, 1.165) is 5.56 Å². The Bertz CT molecular complexity index is 1170. The zero-order valence-electron chi connectivity index (χ0n) is 17.1. The van der Waals surface area contributed by atoms with Crippen molar-refractivity contribution in [1.29, 1.82) is 0 Å². The number of ether oxygens (including phenoxy) is 3. The maximum absolute atomic E-state index is 13.3. The molecule has 1 aliphatic rings. The molecule has 31 heavy (non-hydrogen) atoms. The molecule has 0 bridgehead atoms. The summed E-state index contributed by atoms with van der Waals surface area (Å²) in [6, 6.07) is 23.3. The van der Waals surface area contributed by atoms with E-state index in [9.17, 15) is 9.59 Å². The number of allylic oxidation sites excluding steroid dienone is 1. The molecule has 0 spiro atoms. The van der Waals surface area contributed by atoms with Crippen LogP contribution >= 0.6 is 0 Å². The van der Waals surface area contributed by atoms with Crippen molar-refractivity contribution < 1.29 is 23.8 Å². The van der Waals surface area contributed by atoms with Crippen molar-refractivity contribution >= 4 is 23.4 Å². The standard InChI is InChI=1S/C26H20O5/c1-29-20-12-8-18(9-13-20)23-22(16-17-6-4-3-5-7-17)31-26(28)24(23)25(27)19-10-14-21(30-2)15-11-19/h3-16H,1-2H3/b22-16-. The summed E-state index contributed by atoms with van der Waals surface area (Å²) in [7, 11) is 3.13. The average molecular weight is 412 g/mol. The molecule has 0 atom stereocenters. The molecule has 0 aliphatic carbocycles. The Hall–Kier alpha value is -4.12. The summed E-state index contributed by atoms with van der Waals surface area (Å²) in [5.41, 5.74) is 2.37. The van der Waals surface area contributed by atoms with Crippen LogP contribution in [0.25, 0.3) is 11.6 Å². The van der Waals surface area contributed by atoms with Crippen molar-refractivity contribution in [2.45, 2.75) is 0 Å². The molecular formula is C26H20O5. The summed E-state index contributed by atoms with van der Waals surface area (Å²) >= 11 is 0. The van der Waals surface area contributed by atoms with Gasteiger partial charge in [-0.05, 0) is 53.6 Å². The van der Waals surface area contributed by atoms with Crippen LogP contribution in [0.3, 0.4) is 0 Å². The lowest BCUT2D eigenvalue weighted by Crippen LogP contribution is -2.11. The van der Waals surface area contributed by atoms with Gasteiger partial charge in [0, 0.05) is 11.1 Å². The summed E-state index contributed by atoms with van der Waals surface area (Å²) in [5, 5.41) is 0. The Labute approximate surface area is 180 Å². The fraction of sp³-hybridized carbons (Fsp3) is 0.0769. The lowest BCUT2D eigenvalue weighted by Gasteiger charge is -2.08.